The summed E-state index contributed by atoms with van der Waals surface area (Å²) in [7, 11) is 0. The van der Waals surface area contributed by atoms with Crippen molar-refractivity contribution in [2.75, 3.05) is 5.75 Å². The Morgan fingerprint density at radius 3 is 2.87 bits per heavy atom. The Morgan fingerprint density at radius 1 is 1.39 bits per heavy atom. The number of nitriles is 1. The predicted octanol–water partition coefficient (Wildman–Crippen LogP) is 3.59. The fourth-order valence-electron chi connectivity index (χ4n) is 3.08. The Bertz CT molecular complexity index is 775. The zero-order chi connectivity index (χ0) is 16.3. The summed E-state index contributed by atoms with van der Waals surface area (Å²) in [6, 6.07) is 12.3. The van der Waals surface area contributed by atoms with Crippen LogP contribution in [0.15, 0.2) is 35.4 Å². The molecule has 1 fully saturated rings. The summed E-state index contributed by atoms with van der Waals surface area (Å²) in [6.07, 6.45) is 3.53. The van der Waals surface area contributed by atoms with Gasteiger partial charge in [0.1, 0.15) is 5.54 Å². The molecule has 1 aromatic heterocycles. The van der Waals surface area contributed by atoms with Crippen molar-refractivity contribution in [3.63, 3.8) is 0 Å². The monoisotopic (exact) mass is 325 g/mol. The number of nitrogens with zero attached hydrogens (tertiary/aromatic N) is 2. The van der Waals surface area contributed by atoms with Crippen LogP contribution < -0.4 is 5.32 Å². The van der Waals surface area contributed by atoms with Gasteiger partial charge in [0.15, 0.2) is 0 Å². The molecule has 118 valence electrons. The number of carbonyl (C=O) groups excluding carboxylic acids is 1. The number of aryl methyl sites for hydroxylation is 1. The van der Waals surface area contributed by atoms with E-state index >= 15 is 0 Å². The van der Waals surface area contributed by atoms with Gasteiger partial charge in [0, 0.05) is 5.39 Å². The molecule has 3 rings (SSSR count). The highest BCUT2D eigenvalue weighted by atomic mass is 32.2. The van der Waals surface area contributed by atoms with Crippen molar-refractivity contribution in [1.82, 2.24) is 10.3 Å². The number of carbonyl (C=O) groups is 1. The normalized spacial score (nSPS) is 16.2. The molecular weight excluding hydrogens is 306 g/mol. The molecule has 1 N–H and O–H groups in total. The fourth-order valence-corrected chi connectivity index (χ4v) is 3.85. The van der Waals surface area contributed by atoms with Crippen molar-refractivity contribution in [2.45, 2.75) is 43.2 Å². The Balaban J connectivity index is 1.66. The second kappa shape index (κ2) is 6.59. The third-order valence-electron chi connectivity index (χ3n) is 4.30. The van der Waals surface area contributed by atoms with Gasteiger partial charge in [0.2, 0.25) is 5.91 Å². The number of para-hydroxylation sites is 1. The molecule has 1 aliphatic rings. The van der Waals surface area contributed by atoms with E-state index in [1.165, 1.54) is 11.8 Å². The molecule has 0 aliphatic heterocycles. The van der Waals surface area contributed by atoms with E-state index in [-0.39, 0.29) is 11.7 Å². The van der Waals surface area contributed by atoms with Crippen LogP contribution >= 0.6 is 11.8 Å². The number of rotatable bonds is 4. The molecule has 1 heterocycles. The van der Waals surface area contributed by atoms with E-state index in [2.05, 4.69) is 29.4 Å². The lowest BCUT2D eigenvalue weighted by Gasteiger charge is -2.21. The number of amides is 1. The summed E-state index contributed by atoms with van der Waals surface area (Å²) >= 11 is 1.42. The minimum Gasteiger partial charge on any atom is -0.337 e. The maximum atomic E-state index is 12.2. The molecule has 1 aliphatic carbocycles. The van der Waals surface area contributed by atoms with E-state index in [1.54, 1.807) is 0 Å². The molecule has 5 heteroatoms. The summed E-state index contributed by atoms with van der Waals surface area (Å²) < 4.78 is 0. The molecule has 0 atom stereocenters. The van der Waals surface area contributed by atoms with Crippen molar-refractivity contribution < 1.29 is 4.79 Å². The van der Waals surface area contributed by atoms with E-state index < -0.39 is 5.54 Å². The molecule has 2 aromatic rings. The summed E-state index contributed by atoms with van der Waals surface area (Å²) in [4.78, 5) is 16.8. The molecule has 4 nitrogen and oxygen atoms in total. The van der Waals surface area contributed by atoms with Gasteiger partial charge in [0.05, 0.1) is 22.4 Å². The molecule has 0 unspecified atom stereocenters. The topological polar surface area (TPSA) is 65.8 Å². The molecule has 23 heavy (non-hydrogen) atoms. The van der Waals surface area contributed by atoms with Crippen molar-refractivity contribution >= 4 is 28.6 Å². The van der Waals surface area contributed by atoms with Gasteiger partial charge in [-0.15, -0.1) is 0 Å². The van der Waals surface area contributed by atoms with Gasteiger partial charge in [-0.25, -0.2) is 4.98 Å². The number of benzene rings is 1. The fraction of sp³-hybridized carbons (Fsp3) is 0.389. The summed E-state index contributed by atoms with van der Waals surface area (Å²) in [5.74, 6) is 0.194. The van der Waals surface area contributed by atoms with Gasteiger partial charge < -0.3 is 5.32 Å². The molecule has 0 bridgehead atoms. The van der Waals surface area contributed by atoms with Gasteiger partial charge in [-0.1, -0.05) is 30.0 Å². The van der Waals surface area contributed by atoms with Crippen LogP contribution in [-0.4, -0.2) is 22.2 Å². The molecular formula is C18H19N3OS. The van der Waals surface area contributed by atoms with Crippen LogP contribution in [0.1, 0.15) is 31.2 Å². The highest BCUT2D eigenvalue weighted by Crippen LogP contribution is 2.29. The third kappa shape index (κ3) is 3.48. The van der Waals surface area contributed by atoms with Crippen LogP contribution in [0.5, 0.6) is 0 Å². The number of thioether (sulfide) groups is 1. The number of hydrogen-bond acceptors (Lipinski definition) is 4. The highest BCUT2D eigenvalue weighted by Gasteiger charge is 2.35. The van der Waals surface area contributed by atoms with Crippen LogP contribution in [0.4, 0.5) is 0 Å². The number of pyridine rings is 1. The Kier molecular flexibility index (Phi) is 4.53. The first kappa shape index (κ1) is 15.8. The minimum atomic E-state index is -0.648. The lowest BCUT2D eigenvalue weighted by molar-refractivity contribution is -0.119. The molecule has 0 radical (unpaired) electrons. The molecule has 0 saturated heterocycles. The van der Waals surface area contributed by atoms with E-state index in [0.717, 1.165) is 47.2 Å². The van der Waals surface area contributed by atoms with Gasteiger partial charge in [-0.3, -0.25) is 4.79 Å². The molecule has 1 aromatic carbocycles. The second-order valence-corrected chi connectivity index (χ2v) is 7.03. The summed E-state index contributed by atoms with van der Waals surface area (Å²) in [5.41, 5.74) is 1.45. The maximum Gasteiger partial charge on any atom is 0.231 e. The molecule has 1 amide bonds. The zero-order valence-corrected chi connectivity index (χ0v) is 13.9. The number of nitrogens with one attached hydrogen (secondary N) is 1. The number of aromatic nitrogens is 1. The largest absolute Gasteiger partial charge is 0.337 e. The van der Waals surface area contributed by atoms with Crippen molar-refractivity contribution in [1.29, 1.82) is 5.26 Å². The highest BCUT2D eigenvalue weighted by molar-refractivity contribution is 7.99. The summed E-state index contributed by atoms with van der Waals surface area (Å²) in [5, 5.41) is 14.2. The Labute approximate surface area is 140 Å². The number of hydrogen-bond donors (Lipinski definition) is 1. The van der Waals surface area contributed by atoms with Crippen LogP contribution in [-0.2, 0) is 4.79 Å². The maximum absolute atomic E-state index is 12.2. The van der Waals surface area contributed by atoms with Crippen LogP contribution in [0, 0.1) is 18.3 Å². The minimum absolute atomic E-state index is 0.0916. The number of fused-ring (bicyclic) bond motifs is 1. The molecule has 1 saturated carbocycles. The first-order valence-corrected chi connectivity index (χ1v) is 8.82. The first-order valence-electron chi connectivity index (χ1n) is 7.83. The van der Waals surface area contributed by atoms with Crippen molar-refractivity contribution in [3.05, 3.63) is 35.9 Å². The lowest BCUT2D eigenvalue weighted by Crippen LogP contribution is -2.45. The smallest absolute Gasteiger partial charge is 0.231 e. The average Bonchev–Trinajstić information content (AvgIpc) is 3.02. The van der Waals surface area contributed by atoms with Crippen LogP contribution in [0.25, 0.3) is 10.9 Å². The zero-order valence-electron chi connectivity index (χ0n) is 13.1. The Morgan fingerprint density at radius 2 is 2.13 bits per heavy atom. The average molecular weight is 325 g/mol. The second-order valence-electron chi connectivity index (χ2n) is 6.03. The van der Waals surface area contributed by atoms with Crippen molar-refractivity contribution in [2.24, 2.45) is 0 Å². The SMILES string of the molecule is Cc1cc(SCC(=O)NC2(C#N)CCCC2)nc2ccccc12. The quantitative estimate of drug-likeness (QED) is 0.873. The standard InChI is InChI=1S/C18H19N3OS/c1-13-10-17(20-15-7-3-2-6-14(13)15)23-11-16(22)21-18(12-19)8-4-5-9-18/h2-3,6-7,10H,4-5,8-9,11H2,1H3,(H,21,22). The third-order valence-corrected chi connectivity index (χ3v) is 5.21. The first-order chi connectivity index (χ1) is 11.1. The molecule has 0 spiro atoms. The Hall–Kier alpha value is -2.06. The lowest BCUT2D eigenvalue weighted by atomic mass is 10.0. The van der Waals surface area contributed by atoms with E-state index in [0.29, 0.717) is 0 Å². The van der Waals surface area contributed by atoms with Crippen LogP contribution in [0.3, 0.4) is 0 Å². The van der Waals surface area contributed by atoms with E-state index in [4.69, 9.17) is 0 Å². The van der Waals surface area contributed by atoms with Gasteiger partial charge in [-0.05, 0) is 50.3 Å². The summed E-state index contributed by atoms with van der Waals surface area (Å²) in [6.45, 7) is 2.05. The van der Waals surface area contributed by atoms with E-state index in [9.17, 15) is 10.1 Å². The van der Waals surface area contributed by atoms with E-state index in [1.807, 2.05) is 24.3 Å². The predicted molar refractivity (Wildman–Crippen MR) is 92.2 cm³/mol. The van der Waals surface area contributed by atoms with Gasteiger partial charge >= 0.3 is 0 Å². The van der Waals surface area contributed by atoms with Crippen molar-refractivity contribution in [3.8, 4) is 6.07 Å². The van der Waals surface area contributed by atoms with Crippen LogP contribution in [0.2, 0.25) is 0 Å². The van der Waals surface area contributed by atoms with Gasteiger partial charge in [0.25, 0.3) is 0 Å². The van der Waals surface area contributed by atoms with Gasteiger partial charge in [-0.2, -0.15) is 5.26 Å².